The smallest absolute Gasteiger partial charge is 0.341 e. The van der Waals surface area contributed by atoms with Crippen LogP contribution in [-0.2, 0) is 13.2 Å². The zero-order valence-corrected chi connectivity index (χ0v) is 16.4. The molecule has 0 saturated carbocycles. The first-order chi connectivity index (χ1) is 13.8. The van der Waals surface area contributed by atoms with Crippen LogP contribution in [0.25, 0.3) is 11.3 Å². The molecule has 1 aromatic carbocycles. The van der Waals surface area contributed by atoms with Crippen molar-refractivity contribution in [3.05, 3.63) is 68.2 Å². The van der Waals surface area contributed by atoms with Crippen molar-refractivity contribution in [1.29, 1.82) is 5.26 Å². The van der Waals surface area contributed by atoms with Gasteiger partial charge in [0.05, 0.1) is 16.3 Å². The van der Waals surface area contributed by atoms with Gasteiger partial charge >= 0.3 is 5.97 Å². The summed E-state index contributed by atoms with van der Waals surface area (Å²) >= 11 is 6.12. The Hall–Kier alpha value is -3.57. The zero-order chi connectivity index (χ0) is 21.1. The summed E-state index contributed by atoms with van der Waals surface area (Å²) < 4.78 is 12.3. The molecule has 3 aromatic rings. The molecule has 0 atom stereocenters. The van der Waals surface area contributed by atoms with Crippen molar-refractivity contribution in [2.24, 2.45) is 0 Å². The number of nitrogens with zero attached hydrogens (tertiary/aromatic N) is 3. The lowest BCUT2D eigenvalue weighted by Crippen LogP contribution is -2.22. The van der Waals surface area contributed by atoms with Crippen LogP contribution in [0.2, 0.25) is 5.02 Å². The lowest BCUT2D eigenvalue weighted by Gasteiger charge is -2.19. The standard InChI is InChI=1S/C20H16ClN3O5/c1-3-24-17(28-10-14-6-11(2)29-23-14)8-16(25)18(20(26)27)19(24)12-4-5-13(9-22)15(21)7-12/h4-8H,3,10H2,1-2H3,(H,26,27). The molecule has 0 aliphatic rings. The van der Waals surface area contributed by atoms with Gasteiger partial charge in [-0.05, 0) is 26.0 Å². The highest BCUT2D eigenvalue weighted by molar-refractivity contribution is 6.32. The Labute approximate surface area is 170 Å². The molecule has 0 bridgehead atoms. The van der Waals surface area contributed by atoms with Crippen molar-refractivity contribution in [3.8, 4) is 23.2 Å². The molecule has 0 amide bonds. The van der Waals surface area contributed by atoms with Crippen molar-refractivity contribution < 1.29 is 19.2 Å². The number of carboxylic acids is 1. The number of carboxylic acid groups (broad SMARTS) is 1. The minimum atomic E-state index is -1.37. The van der Waals surface area contributed by atoms with Crippen LogP contribution in [0.3, 0.4) is 0 Å². The summed E-state index contributed by atoms with van der Waals surface area (Å²) in [4.78, 5) is 24.4. The second-order valence-electron chi connectivity index (χ2n) is 6.14. The zero-order valence-electron chi connectivity index (χ0n) is 15.6. The van der Waals surface area contributed by atoms with Crippen molar-refractivity contribution in [3.63, 3.8) is 0 Å². The molecule has 0 fully saturated rings. The Bertz CT molecular complexity index is 1190. The molecule has 148 valence electrons. The van der Waals surface area contributed by atoms with E-state index in [9.17, 15) is 14.7 Å². The Balaban J connectivity index is 2.17. The second kappa shape index (κ2) is 8.20. The molecule has 0 spiro atoms. The van der Waals surface area contributed by atoms with Crippen LogP contribution in [0.1, 0.15) is 34.3 Å². The number of hydrogen-bond acceptors (Lipinski definition) is 6. The van der Waals surface area contributed by atoms with Crippen LogP contribution in [0.15, 0.2) is 39.6 Å². The molecule has 8 nitrogen and oxygen atoms in total. The lowest BCUT2D eigenvalue weighted by atomic mass is 10.0. The van der Waals surface area contributed by atoms with Gasteiger partial charge in [-0.1, -0.05) is 22.8 Å². The third-order valence-electron chi connectivity index (χ3n) is 4.21. The normalized spacial score (nSPS) is 10.6. The molecule has 9 heteroatoms. The summed E-state index contributed by atoms with van der Waals surface area (Å²) in [6.07, 6.45) is 0. The maximum Gasteiger partial charge on any atom is 0.341 e. The Morgan fingerprint density at radius 3 is 2.69 bits per heavy atom. The summed E-state index contributed by atoms with van der Waals surface area (Å²) in [5, 5.41) is 22.7. The molecule has 0 unspecified atom stereocenters. The van der Waals surface area contributed by atoms with Crippen molar-refractivity contribution in [2.75, 3.05) is 0 Å². The summed E-state index contributed by atoms with van der Waals surface area (Å²) in [6.45, 7) is 3.89. The van der Waals surface area contributed by atoms with Crippen LogP contribution in [0.4, 0.5) is 0 Å². The Morgan fingerprint density at radius 1 is 1.38 bits per heavy atom. The van der Waals surface area contributed by atoms with E-state index in [4.69, 9.17) is 26.1 Å². The minimum absolute atomic E-state index is 0.0385. The van der Waals surface area contributed by atoms with Gasteiger partial charge in [-0.15, -0.1) is 0 Å². The fourth-order valence-electron chi connectivity index (χ4n) is 2.95. The van der Waals surface area contributed by atoms with Gasteiger partial charge in [-0.25, -0.2) is 4.79 Å². The molecule has 3 rings (SSSR count). The lowest BCUT2D eigenvalue weighted by molar-refractivity contribution is 0.0695. The van der Waals surface area contributed by atoms with E-state index in [1.807, 2.05) is 6.07 Å². The van der Waals surface area contributed by atoms with Crippen molar-refractivity contribution >= 4 is 17.6 Å². The number of nitriles is 1. The predicted molar refractivity (Wildman–Crippen MR) is 104 cm³/mol. The van der Waals surface area contributed by atoms with Gasteiger partial charge in [0.15, 0.2) is 5.88 Å². The van der Waals surface area contributed by atoms with Gasteiger partial charge in [-0.3, -0.25) is 4.79 Å². The monoisotopic (exact) mass is 413 g/mol. The first-order valence-electron chi connectivity index (χ1n) is 8.61. The average molecular weight is 414 g/mol. The minimum Gasteiger partial charge on any atom is -0.477 e. The molecule has 0 radical (unpaired) electrons. The number of aromatic carboxylic acids is 1. The highest BCUT2D eigenvalue weighted by Crippen LogP contribution is 2.30. The highest BCUT2D eigenvalue weighted by Gasteiger charge is 2.23. The van der Waals surface area contributed by atoms with E-state index in [0.717, 1.165) is 6.07 Å². The summed E-state index contributed by atoms with van der Waals surface area (Å²) in [5.74, 6) is -0.574. The van der Waals surface area contributed by atoms with Gasteiger partial charge in [0.2, 0.25) is 5.43 Å². The molecule has 0 saturated heterocycles. The number of benzene rings is 1. The fraction of sp³-hybridized carbons (Fsp3) is 0.200. The SMILES string of the molecule is CCn1c(OCc2cc(C)on2)cc(=O)c(C(=O)O)c1-c1ccc(C#N)c(Cl)c1. The summed E-state index contributed by atoms with van der Waals surface area (Å²) in [6, 6.07) is 9.25. The maximum atomic E-state index is 12.6. The van der Waals surface area contributed by atoms with Crippen molar-refractivity contribution in [2.45, 2.75) is 27.0 Å². The number of aryl methyl sites for hydroxylation is 1. The van der Waals surface area contributed by atoms with E-state index in [0.29, 0.717) is 23.6 Å². The van der Waals surface area contributed by atoms with Gasteiger partial charge in [0, 0.05) is 24.2 Å². The van der Waals surface area contributed by atoms with E-state index in [2.05, 4.69) is 5.16 Å². The predicted octanol–water partition coefficient (Wildman–Crippen LogP) is 3.63. The number of hydrogen-bond donors (Lipinski definition) is 1. The van der Waals surface area contributed by atoms with E-state index in [-0.39, 0.29) is 28.8 Å². The summed E-state index contributed by atoms with van der Waals surface area (Å²) in [5.41, 5.74) is 0.189. The molecule has 29 heavy (non-hydrogen) atoms. The fourth-order valence-corrected chi connectivity index (χ4v) is 3.17. The number of aromatic nitrogens is 2. The molecular weight excluding hydrogens is 398 g/mol. The topological polar surface area (TPSA) is 118 Å². The van der Waals surface area contributed by atoms with Crippen LogP contribution >= 0.6 is 11.6 Å². The quantitative estimate of drug-likeness (QED) is 0.655. The number of ether oxygens (including phenoxy) is 1. The van der Waals surface area contributed by atoms with E-state index < -0.39 is 17.0 Å². The third-order valence-corrected chi connectivity index (χ3v) is 4.52. The van der Waals surface area contributed by atoms with Gasteiger partial charge in [0.25, 0.3) is 0 Å². The van der Waals surface area contributed by atoms with Crippen LogP contribution in [-0.4, -0.2) is 20.8 Å². The number of rotatable bonds is 6. The molecule has 1 N–H and O–H groups in total. The first-order valence-corrected chi connectivity index (χ1v) is 8.99. The van der Waals surface area contributed by atoms with Crippen LogP contribution in [0.5, 0.6) is 5.88 Å². The van der Waals surface area contributed by atoms with Gasteiger partial charge in [-0.2, -0.15) is 5.26 Å². The number of halogens is 1. The first kappa shape index (κ1) is 20.2. The molecular formula is C20H16ClN3O5. The van der Waals surface area contributed by atoms with E-state index >= 15 is 0 Å². The average Bonchev–Trinajstić information content (AvgIpc) is 3.10. The molecule has 2 aromatic heterocycles. The Morgan fingerprint density at radius 2 is 2.14 bits per heavy atom. The molecule has 0 aliphatic carbocycles. The third kappa shape index (κ3) is 4.00. The van der Waals surface area contributed by atoms with Gasteiger partial charge < -0.3 is 18.9 Å². The Kier molecular flexibility index (Phi) is 5.71. The van der Waals surface area contributed by atoms with E-state index in [1.54, 1.807) is 30.5 Å². The van der Waals surface area contributed by atoms with Crippen molar-refractivity contribution in [1.82, 2.24) is 9.72 Å². The second-order valence-corrected chi connectivity index (χ2v) is 6.55. The summed E-state index contributed by atoms with van der Waals surface area (Å²) in [7, 11) is 0. The number of pyridine rings is 1. The van der Waals surface area contributed by atoms with E-state index in [1.165, 1.54) is 12.1 Å². The highest BCUT2D eigenvalue weighted by atomic mass is 35.5. The van der Waals surface area contributed by atoms with Crippen LogP contribution in [0, 0.1) is 18.3 Å². The van der Waals surface area contributed by atoms with Crippen LogP contribution < -0.4 is 10.2 Å². The van der Waals surface area contributed by atoms with Gasteiger partial charge in [0.1, 0.15) is 29.7 Å². The largest absolute Gasteiger partial charge is 0.477 e. The number of carbonyl (C=O) groups is 1. The maximum absolute atomic E-state index is 12.6. The molecule has 2 heterocycles. The molecule has 0 aliphatic heterocycles.